The van der Waals surface area contributed by atoms with E-state index in [1.165, 1.54) is 0 Å². The average Bonchev–Trinajstić information content (AvgIpc) is 2.81. The van der Waals surface area contributed by atoms with E-state index in [2.05, 4.69) is 15.9 Å². The molecule has 2 rings (SSSR count). The lowest BCUT2D eigenvalue weighted by Gasteiger charge is -2.20. The Morgan fingerprint density at radius 3 is 3.06 bits per heavy atom. The van der Waals surface area contributed by atoms with Crippen molar-refractivity contribution >= 4 is 21.8 Å². The van der Waals surface area contributed by atoms with E-state index in [1.807, 2.05) is 31.3 Å². The number of carbonyl (C=O) groups excluding carboxylic acids is 1. The molecule has 1 aliphatic rings. The molecule has 4 heteroatoms. The second-order valence-electron chi connectivity index (χ2n) is 4.33. The first-order chi connectivity index (χ1) is 8.16. The maximum atomic E-state index is 12.0. The number of hydrogen-bond donors (Lipinski definition) is 0. The molecule has 1 saturated heterocycles. The van der Waals surface area contributed by atoms with Gasteiger partial charge in [-0.3, -0.25) is 4.79 Å². The summed E-state index contributed by atoms with van der Waals surface area (Å²) < 4.78 is 6.43. The minimum absolute atomic E-state index is 0.0856. The third-order valence-corrected chi connectivity index (χ3v) is 3.38. The molecule has 0 spiro atoms. The molecule has 0 aliphatic carbocycles. The molecule has 17 heavy (non-hydrogen) atoms. The Labute approximate surface area is 110 Å². The van der Waals surface area contributed by atoms with Gasteiger partial charge >= 0.3 is 0 Å². The highest BCUT2D eigenvalue weighted by molar-refractivity contribution is 9.10. The topological polar surface area (TPSA) is 29.5 Å². The molecule has 1 aromatic carbocycles. The standard InChI is InChI=1S/C13H16BrNO2/c1-15(13(16)12-6-3-7-17-12)9-10-4-2-5-11(14)8-10/h2,4-5,8,12H,3,6-7,9H2,1H3/t12-/m0/s1. The Hall–Kier alpha value is -0.870. The van der Waals surface area contributed by atoms with Crippen molar-refractivity contribution < 1.29 is 9.53 Å². The van der Waals surface area contributed by atoms with Crippen LogP contribution in [0.3, 0.4) is 0 Å². The second-order valence-corrected chi connectivity index (χ2v) is 5.24. The number of amides is 1. The summed E-state index contributed by atoms with van der Waals surface area (Å²) in [6.45, 7) is 1.33. The Morgan fingerprint density at radius 2 is 2.41 bits per heavy atom. The molecule has 0 saturated carbocycles. The molecular formula is C13H16BrNO2. The third kappa shape index (κ3) is 3.30. The number of nitrogens with zero attached hydrogens (tertiary/aromatic N) is 1. The zero-order chi connectivity index (χ0) is 12.3. The van der Waals surface area contributed by atoms with E-state index in [1.54, 1.807) is 4.90 Å². The number of likely N-dealkylation sites (N-methyl/N-ethyl adjacent to an activating group) is 1. The Kier molecular flexibility index (Phi) is 4.18. The summed E-state index contributed by atoms with van der Waals surface area (Å²) in [5, 5.41) is 0. The van der Waals surface area contributed by atoms with Crippen LogP contribution in [0.2, 0.25) is 0 Å². The first-order valence-corrected chi connectivity index (χ1v) is 6.57. The molecule has 1 aromatic rings. The smallest absolute Gasteiger partial charge is 0.251 e. The van der Waals surface area contributed by atoms with Crippen LogP contribution in [-0.4, -0.2) is 30.6 Å². The van der Waals surface area contributed by atoms with Gasteiger partial charge in [0.2, 0.25) is 0 Å². The molecule has 0 unspecified atom stereocenters. The van der Waals surface area contributed by atoms with Crippen molar-refractivity contribution in [1.82, 2.24) is 4.90 Å². The summed E-state index contributed by atoms with van der Waals surface area (Å²) in [6.07, 6.45) is 1.61. The van der Waals surface area contributed by atoms with Crippen molar-refractivity contribution in [3.05, 3.63) is 34.3 Å². The number of benzene rings is 1. The van der Waals surface area contributed by atoms with Gasteiger partial charge in [0.15, 0.2) is 0 Å². The van der Waals surface area contributed by atoms with Crippen LogP contribution >= 0.6 is 15.9 Å². The predicted molar refractivity (Wildman–Crippen MR) is 69.6 cm³/mol. The molecule has 1 fully saturated rings. The quantitative estimate of drug-likeness (QED) is 0.858. The van der Waals surface area contributed by atoms with E-state index in [9.17, 15) is 4.79 Å². The summed E-state index contributed by atoms with van der Waals surface area (Å²) in [5.74, 6) is 0.0856. The fourth-order valence-corrected chi connectivity index (χ4v) is 2.45. The van der Waals surface area contributed by atoms with Gasteiger partial charge in [0.25, 0.3) is 5.91 Å². The average molecular weight is 298 g/mol. The van der Waals surface area contributed by atoms with Gasteiger partial charge in [-0.15, -0.1) is 0 Å². The van der Waals surface area contributed by atoms with Crippen LogP contribution in [0.25, 0.3) is 0 Å². The van der Waals surface area contributed by atoms with Gasteiger partial charge in [-0.1, -0.05) is 28.1 Å². The van der Waals surface area contributed by atoms with Gasteiger partial charge in [0, 0.05) is 24.7 Å². The molecule has 0 aromatic heterocycles. The van der Waals surface area contributed by atoms with Gasteiger partial charge in [0.1, 0.15) is 6.10 Å². The number of rotatable bonds is 3. The largest absolute Gasteiger partial charge is 0.368 e. The summed E-state index contributed by atoms with van der Waals surface area (Å²) in [5.41, 5.74) is 1.12. The van der Waals surface area contributed by atoms with E-state index in [0.29, 0.717) is 13.2 Å². The van der Waals surface area contributed by atoms with E-state index in [0.717, 1.165) is 22.9 Å². The summed E-state index contributed by atoms with van der Waals surface area (Å²) in [7, 11) is 1.82. The third-order valence-electron chi connectivity index (χ3n) is 2.89. The first kappa shape index (κ1) is 12.6. The molecular weight excluding hydrogens is 282 g/mol. The zero-order valence-corrected chi connectivity index (χ0v) is 11.4. The number of halogens is 1. The molecule has 1 amide bonds. The molecule has 92 valence electrons. The van der Waals surface area contributed by atoms with E-state index in [4.69, 9.17) is 4.74 Å². The maximum Gasteiger partial charge on any atom is 0.251 e. The normalized spacial score (nSPS) is 19.3. The van der Waals surface area contributed by atoms with Crippen molar-refractivity contribution in [2.24, 2.45) is 0 Å². The fourth-order valence-electron chi connectivity index (χ4n) is 2.01. The molecule has 1 atom stereocenters. The van der Waals surface area contributed by atoms with E-state index >= 15 is 0 Å². The molecule has 1 aliphatic heterocycles. The monoisotopic (exact) mass is 297 g/mol. The van der Waals surface area contributed by atoms with E-state index in [-0.39, 0.29) is 12.0 Å². The Bertz CT molecular complexity index is 402. The van der Waals surface area contributed by atoms with Gasteiger partial charge < -0.3 is 9.64 Å². The SMILES string of the molecule is CN(Cc1cccc(Br)c1)C(=O)[C@@H]1CCCO1. The highest BCUT2D eigenvalue weighted by atomic mass is 79.9. The lowest BCUT2D eigenvalue weighted by atomic mass is 10.2. The van der Waals surface area contributed by atoms with Gasteiger partial charge in [-0.2, -0.15) is 0 Å². The highest BCUT2D eigenvalue weighted by Gasteiger charge is 2.26. The van der Waals surface area contributed by atoms with Crippen LogP contribution in [-0.2, 0) is 16.1 Å². The van der Waals surface area contributed by atoms with Crippen LogP contribution in [0.1, 0.15) is 18.4 Å². The number of ether oxygens (including phenoxy) is 1. The Morgan fingerprint density at radius 1 is 1.59 bits per heavy atom. The molecule has 0 radical (unpaired) electrons. The maximum absolute atomic E-state index is 12.0. The molecule has 1 heterocycles. The molecule has 0 bridgehead atoms. The van der Waals surface area contributed by atoms with Crippen LogP contribution in [0, 0.1) is 0 Å². The van der Waals surface area contributed by atoms with Gasteiger partial charge in [-0.05, 0) is 30.5 Å². The predicted octanol–water partition coefficient (Wildman–Crippen LogP) is 2.59. The van der Waals surface area contributed by atoms with Crippen molar-refractivity contribution in [1.29, 1.82) is 0 Å². The Balaban J connectivity index is 1.96. The summed E-state index contributed by atoms with van der Waals surface area (Å²) in [6, 6.07) is 8.00. The minimum Gasteiger partial charge on any atom is -0.368 e. The van der Waals surface area contributed by atoms with Crippen molar-refractivity contribution in [2.75, 3.05) is 13.7 Å². The number of hydrogen-bond acceptors (Lipinski definition) is 2. The van der Waals surface area contributed by atoms with Crippen molar-refractivity contribution in [3.8, 4) is 0 Å². The summed E-state index contributed by atoms with van der Waals surface area (Å²) >= 11 is 3.43. The van der Waals surface area contributed by atoms with Crippen molar-refractivity contribution in [3.63, 3.8) is 0 Å². The zero-order valence-electron chi connectivity index (χ0n) is 9.86. The highest BCUT2D eigenvalue weighted by Crippen LogP contribution is 2.17. The molecule has 0 N–H and O–H groups in total. The van der Waals surface area contributed by atoms with Crippen LogP contribution in [0.15, 0.2) is 28.7 Å². The van der Waals surface area contributed by atoms with Gasteiger partial charge in [0.05, 0.1) is 0 Å². The second kappa shape index (κ2) is 5.65. The summed E-state index contributed by atoms with van der Waals surface area (Å²) in [4.78, 5) is 13.8. The fraction of sp³-hybridized carbons (Fsp3) is 0.462. The van der Waals surface area contributed by atoms with Crippen LogP contribution < -0.4 is 0 Å². The van der Waals surface area contributed by atoms with Gasteiger partial charge in [-0.25, -0.2) is 0 Å². The lowest BCUT2D eigenvalue weighted by Crippen LogP contribution is -2.35. The van der Waals surface area contributed by atoms with E-state index < -0.39 is 0 Å². The minimum atomic E-state index is -0.229. The molecule has 3 nitrogen and oxygen atoms in total. The van der Waals surface area contributed by atoms with Crippen LogP contribution in [0.5, 0.6) is 0 Å². The first-order valence-electron chi connectivity index (χ1n) is 5.78. The lowest BCUT2D eigenvalue weighted by molar-refractivity contribution is -0.140. The number of carbonyl (C=O) groups is 1. The van der Waals surface area contributed by atoms with Crippen molar-refractivity contribution in [2.45, 2.75) is 25.5 Å². The van der Waals surface area contributed by atoms with Crippen LogP contribution in [0.4, 0.5) is 0 Å².